The van der Waals surface area contributed by atoms with Gasteiger partial charge >= 0.3 is 0 Å². The van der Waals surface area contributed by atoms with Crippen LogP contribution in [0.1, 0.15) is 31.5 Å². The van der Waals surface area contributed by atoms with E-state index in [0.29, 0.717) is 11.3 Å². The minimum atomic E-state index is -0.192. The first kappa shape index (κ1) is 10.4. The maximum Gasteiger partial charge on any atom is 0.274 e. The topological polar surface area (TPSA) is 58.6 Å². The predicted octanol–water partition coefficient (Wildman–Crippen LogP) is 1.62. The number of fused-ring (bicyclic) bond motifs is 1. The van der Waals surface area contributed by atoms with Crippen LogP contribution < -0.4 is 5.56 Å². The van der Waals surface area contributed by atoms with Crippen molar-refractivity contribution in [3.05, 3.63) is 33.8 Å². The SMILES string of the molecule is CC.O=c1[nH]nnc2c1C=CCC=C2. The van der Waals surface area contributed by atoms with Crippen molar-refractivity contribution in [2.24, 2.45) is 0 Å². The number of hydrogen-bond donors (Lipinski definition) is 1. The van der Waals surface area contributed by atoms with Crippen molar-refractivity contribution < 1.29 is 0 Å². The summed E-state index contributed by atoms with van der Waals surface area (Å²) in [4.78, 5) is 11.2. The highest BCUT2D eigenvalue weighted by Gasteiger charge is 2.04. The van der Waals surface area contributed by atoms with Gasteiger partial charge in [-0.15, -0.1) is 5.10 Å². The summed E-state index contributed by atoms with van der Waals surface area (Å²) in [6, 6.07) is 0. The molecule has 2 rings (SSSR count). The Labute approximate surface area is 82.4 Å². The van der Waals surface area contributed by atoms with Gasteiger partial charge in [-0.2, -0.15) is 0 Å². The fraction of sp³-hybridized carbons (Fsp3) is 0.300. The number of allylic oxidation sites excluding steroid dienone is 2. The van der Waals surface area contributed by atoms with Crippen molar-refractivity contribution in [2.75, 3.05) is 0 Å². The molecule has 74 valence electrons. The number of rotatable bonds is 0. The van der Waals surface area contributed by atoms with E-state index < -0.39 is 0 Å². The second-order valence-corrected chi connectivity index (χ2v) is 2.48. The molecule has 0 atom stereocenters. The Morgan fingerprint density at radius 3 is 2.79 bits per heavy atom. The van der Waals surface area contributed by atoms with Gasteiger partial charge in [0.05, 0.1) is 11.3 Å². The summed E-state index contributed by atoms with van der Waals surface area (Å²) in [5.41, 5.74) is 1.02. The van der Waals surface area contributed by atoms with E-state index in [1.165, 1.54) is 0 Å². The third-order valence-corrected chi connectivity index (χ3v) is 1.66. The van der Waals surface area contributed by atoms with Gasteiger partial charge < -0.3 is 0 Å². The summed E-state index contributed by atoms with van der Waals surface area (Å²) in [5, 5.41) is 9.55. The van der Waals surface area contributed by atoms with Crippen molar-refractivity contribution in [2.45, 2.75) is 20.3 Å². The number of H-pyrrole nitrogens is 1. The van der Waals surface area contributed by atoms with E-state index in [4.69, 9.17) is 0 Å². The highest BCUT2D eigenvalue weighted by atomic mass is 16.1. The largest absolute Gasteiger partial charge is 0.274 e. The molecule has 0 fully saturated rings. The zero-order valence-electron chi connectivity index (χ0n) is 8.32. The Kier molecular flexibility index (Phi) is 3.79. The number of aromatic amines is 1. The molecule has 1 aromatic rings. The second kappa shape index (κ2) is 5.11. The van der Waals surface area contributed by atoms with E-state index in [1.54, 1.807) is 12.2 Å². The lowest BCUT2D eigenvalue weighted by atomic mass is 10.2. The van der Waals surface area contributed by atoms with Crippen molar-refractivity contribution in [3.63, 3.8) is 0 Å². The van der Waals surface area contributed by atoms with Gasteiger partial charge in [-0.3, -0.25) is 4.79 Å². The average molecular weight is 191 g/mol. The molecule has 1 N–H and O–H groups in total. The zero-order valence-corrected chi connectivity index (χ0v) is 8.32. The van der Waals surface area contributed by atoms with Crippen LogP contribution in [-0.4, -0.2) is 15.4 Å². The molecule has 0 amide bonds. The molecule has 1 aromatic heterocycles. The van der Waals surface area contributed by atoms with Gasteiger partial charge in [-0.25, -0.2) is 5.10 Å². The summed E-state index contributed by atoms with van der Waals surface area (Å²) in [5.74, 6) is 0. The summed E-state index contributed by atoms with van der Waals surface area (Å²) >= 11 is 0. The molecule has 4 heteroatoms. The van der Waals surface area contributed by atoms with Crippen LogP contribution in [-0.2, 0) is 0 Å². The first-order valence-electron chi connectivity index (χ1n) is 4.66. The monoisotopic (exact) mass is 191 g/mol. The van der Waals surface area contributed by atoms with Crippen molar-refractivity contribution >= 4 is 12.2 Å². The molecule has 1 aliphatic carbocycles. The van der Waals surface area contributed by atoms with E-state index in [0.717, 1.165) is 6.42 Å². The molecule has 0 saturated heterocycles. The molecule has 0 unspecified atom stereocenters. The number of nitrogens with zero attached hydrogens (tertiary/aromatic N) is 2. The molecular formula is C10H13N3O. The van der Waals surface area contributed by atoms with Crippen LogP contribution in [0, 0.1) is 0 Å². The first-order chi connectivity index (χ1) is 6.88. The van der Waals surface area contributed by atoms with E-state index >= 15 is 0 Å². The molecule has 4 nitrogen and oxygen atoms in total. The third-order valence-electron chi connectivity index (χ3n) is 1.66. The second-order valence-electron chi connectivity index (χ2n) is 2.48. The van der Waals surface area contributed by atoms with Crippen LogP contribution in [0.4, 0.5) is 0 Å². The van der Waals surface area contributed by atoms with Crippen LogP contribution in [0.15, 0.2) is 16.9 Å². The molecule has 0 aromatic carbocycles. The summed E-state index contributed by atoms with van der Waals surface area (Å²) in [6.45, 7) is 4.00. The number of aromatic nitrogens is 3. The van der Waals surface area contributed by atoms with Crippen molar-refractivity contribution in [3.8, 4) is 0 Å². The zero-order chi connectivity index (χ0) is 10.4. The van der Waals surface area contributed by atoms with Gasteiger partial charge in [0, 0.05) is 0 Å². The van der Waals surface area contributed by atoms with Gasteiger partial charge in [-0.05, 0) is 12.5 Å². The molecule has 14 heavy (non-hydrogen) atoms. The standard InChI is InChI=1S/C8H7N3O.C2H6/c12-8-6-4-2-1-3-5-7(6)9-11-10-8;1-2/h2-5H,1H2,(H,9,10,12);1-2H3. The Bertz CT molecular complexity index is 404. The van der Waals surface area contributed by atoms with Crippen molar-refractivity contribution in [1.82, 2.24) is 15.4 Å². The smallest absolute Gasteiger partial charge is 0.267 e. The van der Waals surface area contributed by atoms with E-state index in [9.17, 15) is 4.79 Å². The maximum absolute atomic E-state index is 11.2. The lowest BCUT2D eigenvalue weighted by molar-refractivity contribution is 0.830. The Balaban J connectivity index is 0.000000461. The third kappa shape index (κ3) is 2.16. The Morgan fingerprint density at radius 2 is 2.00 bits per heavy atom. The maximum atomic E-state index is 11.2. The molecule has 0 spiro atoms. The predicted molar refractivity (Wildman–Crippen MR) is 56.7 cm³/mol. The van der Waals surface area contributed by atoms with Crippen LogP contribution in [0.3, 0.4) is 0 Å². The molecular weight excluding hydrogens is 178 g/mol. The molecule has 0 aliphatic heterocycles. The minimum Gasteiger partial charge on any atom is -0.267 e. The Hall–Kier alpha value is -1.71. The fourth-order valence-corrected chi connectivity index (χ4v) is 1.08. The quantitative estimate of drug-likeness (QED) is 0.678. The van der Waals surface area contributed by atoms with Gasteiger partial charge in [0.2, 0.25) is 0 Å². The van der Waals surface area contributed by atoms with Gasteiger partial charge in [0.15, 0.2) is 0 Å². The molecule has 1 aliphatic rings. The van der Waals surface area contributed by atoms with Crippen molar-refractivity contribution in [1.29, 1.82) is 0 Å². The molecule has 0 radical (unpaired) electrons. The van der Waals surface area contributed by atoms with Gasteiger partial charge in [-0.1, -0.05) is 37.3 Å². The first-order valence-corrected chi connectivity index (χ1v) is 4.66. The average Bonchev–Trinajstić information content (AvgIpc) is 2.47. The fourth-order valence-electron chi connectivity index (χ4n) is 1.08. The highest BCUT2D eigenvalue weighted by molar-refractivity contribution is 5.63. The molecule has 1 heterocycles. The van der Waals surface area contributed by atoms with Gasteiger partial charge in [0.25, 0.3) is 5.56 Å². The number of nitrogens with one attached hydrogen (secondary N) is 1. The Morgan fingerprint density at radius 1 is 1.29 bits per heavy atom. The van der Waals surface area contributed by atoms with Gasteiger partial charge in [0.1, 0.15) is 0 Å². The van der Waals surface area contributed by atoms with Crippen LogP contribution in [0.25, 0.3) is 12.2 Å². The lowest BCUT2D eigenvalue weighted by Gasteiger charge is -1.93. The van der Waals surface area contributed by atoms with Crippen LogP contribution >= 0.6 is 0 Å². The molecule has 0 bridgehead atoms. The van der Waals surface area contributed by atoms with E-state index in [-0.39, 0.29) is 5.56 Å². The van der Waals surface area contributed by atoms with Crippen LogP contribution in [0.2, 0.25) is 0 Å². The molecule has 0 saturated carbocycles. The normalized spacial score (nSPS) is 12.4. The minimum absolute atomic E-state index is 0.192. The number of hydrogen-bond acceptors (Lipinski definition) is 3. The highest BCUT2D eigenvalue weighted by Crippen LogP contribution is 2.08. The lowest BCUT2D eigenvalue weighted by Crippen LogP contribution is -2.14. The van der Waals surface area contributed by atoms with Crippen LogP contribution in [0.5, 0.6) is 0 Å². The summed E-state index contributed by atoms with van der Waals surface area (Å²) in [6.07, 6.45) is 8.26. The van der Waals surface area contributed by atoms with E-state index in [2.05, 4.69) is 15.4 Å². The van der Waals surface area contributed by atoms with E-state index in [1.807, 2.05) is 26.0 Å². The summed E-state index contributed by atoms with van der Waals surface area (Å²) < 4.78 is 0. The summed E-state index contributed by atoms with van der Waals surface area (Å²) in [7, 11) is 0.